The minimum Gasteiger partial charge on any atom is -0.398 e. The Morgan fingerprint density at radius 3 is 2.70 bits per heavy atom. The highest BCUT2D eigenvalue weighted by Crippen LogP contribution is 2.43. The molecule has 0 saturated heterocycles. The van der Waals surface area contributed by atoms with Crippen LogP contribution in [-0.2, 0) is 0 Å². The van der Waals surface area contributed by atoms with Gasteiger partial charge in [0.1, 0.15) is 0 Å². The van der Waals surface area contributed by atoms with Crippen molar-refractivity contribution < 1.29 is 0 Å². The molecule has 3 heteroatoms. The second-order valence-electron chi connectivity index (χ2n) is 6.94. The number of nitrogens with one attached hydrogen (secondary N) is 1. The van der Waals surface area contributed by atoms with Crippen LogP contribution in [0.4, 0.5) is 5.69 Å². The van der Waals surface area contributed by atoms with Gasteiger partial charge in [-0.3, -0.25) is 4.98 Å². The molecule has 1 unspecified atom stereocenters. The third-order valence-electron chi connectivity index (χ3n) is 4.69. The number of hydrogen-bond donors (Lipinski definition) is 2. The number of nitrogen functional groups attached to an aromatic ring is 1. The van der Waals surface area contributed by atoms with E-state index >= 15 is 0 Å². The number of pyridine rings is 1. The van der Waals surface area contributed by atoms with Crippen molar-refractivity contribution in [3.63, 3.8) is 0 Å². The summed E-state index contributed by atoms with van der Waals surface area (Å²) in [6.45, 7) is 8.02. The van der Waals surface area contributed by atoms with Crippen molar-refractivity contribution in [1.82, 2.24) is 10.3 Å². The number of aromatic nitrogens is 1. The Morgan fingerprint density at radius 2 is 2.10 bits per heavy atom. The molecule has 0 aliphatic heterocycles. The molecule has 3 N–H and O–H groups in total. The maximum Gasteiger partial charge on any atom is 0.0393 e. The van der Waals surface area contributed by atoms with E-state index in [1.165, 1.54) is 31.2 Å². The molecule has 1 aromatic heterocycles. The van der Waals surface area contributed by atoms with Crippen molar-refractivity contribution in [2.24, 2.45) is 11.3 Å². The zero-order valence-corrected chi connectivity index (χ0v) is 13.2. The molecule has 20 heavy (non-hydrogen) atoms. The fourth-order valence-electron chi connectivity index (χ4n) is 3.26. The van der Waals surface area contributed by atoms with Crippen molar-refractivity contribution >= 4 is 5.69 Å². The van der Waals surface area contributed by atoms with Crippen LogP contribution in [0.5, 0.6) is 0 Å². The van der Waals surface area contributed by atoms with E-state index in [0.717, 1.165) is 18.7 Å². The highest BCUT2D eigenvalue weighted by atomic mass is 14.9. The molecule has 1 aliphatic rings. The van der Waals surface area contributed by atoms with Gasteiger partial charge in [0.2, 0.25) is 0 Å². The van der Waals surface area contributed by atoms with E-state index in [2.05, 4.69) is 31.1 Å². The van der Waals surface area contributed by atoms with Gasteiger partial charge in [0, 0.05) is 29.7 Å². The molecule has 1 saturated carbocycles. The fourth-order valence-corrected chi connectivity index (χ4v) is 3.26. The number of nitrogens with two attached hydrogens (primary N) is 1. The minimum absolute atomic E-state index is 0.361. The lowest BCUT2D eigenvalue weighted by Gasteiger charge is -2.38. The molecule has 0 radical (unpaired) electrons. The third-order valence-corrected chi connectivity index (χ3v) is 4.69. The maximum atomic E-state index is 6.17. The fraction of sp³-hybridized carbons (Fsp3) is 0.706. The van der Waals surface area contributed by atoms with Crippen LogP contribution >= 0.6 is 0 Å². The van der Waals surface area contributed by atoms with Crippen molar-refractivity contribution in [2.75, 3.05) is 12.3 Å². The Morgan fingerprint density at radius 1 is 1.40 bits per heavy atom. The van der Waals surface area contributed by atoms with Gasteiger partial charge >= 0.3 is 0 Å². The van der Waals surface area contributed by atoms with Crippen LogP contribution in [0, 0.1) is 11.3 Å². The number of anilines is 1. The summed E-state index contributed by atoms with van der Waals surface area (Å²) in [4.78, 5) is 4.28. The molecule has 1 atom stereocenters. The van der Waals surface area contributed by atoms with Gasteiger partial charge in [0.15, 0.2) is 0 Å². The van der Waals surface area contributed by atoms with Gasteiger partial charge < -0.3 is 11.1 Å². The van der Waals surface area contributed by atoms with Crippen LogP contribution < -0.4 is 11.1 Å². The van der Waals surface area contributed by atoms with Gasteiger partial charge in [-0.1, -0.05) is 20.8 Å². The lowest BCUT2D eigenvalue weighted by molar-refractivity contribution is 0.161. The first-order chi connectivity index (χ1) is 9.53. The van der Waals surface area contributed by atoms with Crippen LogP contribution in [0.1, 0.15) is 64.5 Å². The quantitative estimate of drug-likeness (QED) is 0.856. The lowest BCUT2D eigenvalue weighted by Crippen LogP contribution is -2.33. The standard InChI is InChI=1S/C17H29N3/c1-4-10-20-16(14-12-19-11-7-15(14)18)13-5-8-17(2,3)9-6-13/h7,11-13,16,20H,4-6,8-10H2,1-3H3,(H2,18,19). The summed E-state index contributed by atoms with van der Waals surface area (Å²) in [5, 5.41) is 3.70. The van der Waals surface area contributed by atoms with Crippen molar-refractivity contribution in [2.45, 2.75) is 58.9 Å². The Bertz CT molecular complexity index is 418. The van der Waals surface area contributed by atoms with Crippen LogP contribution in [0.3, 0.4) is 0 Å². The van der Waals surface area contributed by atoms with E-state index in [9.17, 15) is 0 Å². The molecule has 1 aromatic rings. The summed E-state index contributed by atoms with van der Waals surface area (Å²) >= 11 is 0. The van der Waals surface area contributed by atoms with Crippen molar-refractivity contribution in [3.05, 3.63) is 24.0 Å². The van der Waals surface area contributed by atoms with E-state index in [-0.39, 0.29) is 0 Å². The summed E-state index contributed by atoms with van der Waals surface area (Å²) in [6, 6.07) is 2.28. The van der Waals surface area contributed by atoms with E-state index < -0.39 is 0 Å². The van der Waals surface area contributed by atoms with Gasteiger partial charge in [-0.2, -0.15) is 0 Å². The first-order valence-corrected chi connectivity index (χ1v) is 7.96. The summed E-state index contributed by atoms with van der Waals surface area (Å²) in [5.74, 6) is 0.682. The Kier molecular flexibility index (Phi) is 5.03. The van der Waals surface area contributed by atoms with Gasteiger partial charge in [0.25, 0.3) is 0 Å². The maximum absolute atomic E-state index is 6.17. The van der Waals surface area contributed by atoms with Crippen LogP contribution in [-0.4, -0.2) is 11.5 Å². The zero-order chi connectivity index (χ0) is 14.6. The Labute approximate surface area is 123 Å². The monoisotopic (exact) mass is 275 g/mol. The second-order valence-corrected chi connectivity index (χ2v) is 6.94. The minimum atomic E-state index is 0.361. The van der Waals surface area contributed by atoms with Gasteiger partial charge in [-0.25, -0.2) is 0 Å². The van der Waals surface area contributed by atoms with Gasteiger partial charge in [-0.05, 0) is 56.0 Å². The first kappa shape index (κ1) is 15.3. The topological polar surface area (TPSA) is 50.9 Å². The average molecular weight is 275 g/mol. The zero-order valence-electron chi connectivity index (χ0n) is 13.2. The van der Waals surface area contributed by atoms with E-state index in [0.29, 0.717) is 17.4 Å². The van der Waals surface area contributed by atoms with Gasteiger partial charge in [-0.15, -0.1) is 0 Å². The number of nitrogens with zero attached hydrogens (tertiary/aromatic N) is 1. The predicted molar refractivity (Wildman–Crippen MR) is 85.4 cm³/mol. The van der Waals surface area contributed by atoms with Crippen LogP contribution in [0.15, 0.2) is 18.5 Å². The molecule has 112 valence electrons. The lowest BCUT2D eigenvalue weighted by atomic mass is 9.70. The first-order valence-electron chi connectivity index (χ1n) is 7.96. The van der Waals surface area contributed by atoms with E-state index in [1.807, 2.05) is 12.3 Å². The van der Waals surface area contributed by atoms with Crippen molar-refractivity contribution in [1.29, 1.82) is 0 Å². The molecule has 3 nitrogen and oxygen atoms in total. The SMILES string of the molecule is CCCNC(c1cnccc1N)C1CCC(C)(C)CC1. The highest BCUT2D eigenvalue weighted by Gasteiger charge is 2.32. The normalized spacial score (nSPS) is 20.8. The molecular weight excluding hydrogens is 246 g/mol. The largest absolute Gasteiger partial charge is 0.398 e. The summed E-state index contributed by atoms with van der Waals surface area (Å²) in [7, 11) is 0. The van der Waals surface area contributed by atoms with Crippen LogP contribution in [0.25, 0.3) is 0 Å². The molecular formula is C17H29N3. The molecule has 0 spiro atoms. The van der Waals surface area contributed by atoms with Crippen molar-refractivity contribution in [3.8, 4) is 0 Å². The molecule has 0 bridgehead atoms. The molecule has 1 heterocycles. The van der Waals surface area contributed by atoms with Crippen LogP contribution in [0.2, 0.25) is 0 Å². The third kappa shape index (κ3) is 3.72. The van der Waals surface area contributed by atoms with E-state index in [4.69, 9.17) is 5.73 Å². The summed E-state index contributed by atoms with van der Waals surface area (Å²) in [6.07, 6.45) is 10.0. The van der Waals surface area contributed by atoms with E-state index in [1.54, 1.807) is 6.20 Å². The summed E-state index contributed by atoms with van der Waals surface area (Å²) < 4.78 is 0. The predicted octanol–water partition coefficient (Wildman–Crippen LogP) is 3.92. The molecule has 0 amide bonds. The second kappa shape index (κ2) is 6.57. The molecule has 0 aromatic carbocycles. The smallest absolute Gasteiger partial charge is 0.0393 e. The highest BCUT2D eigenvalue weighted by molar-refractivity contribution is 5.46. The number of rotatable bonds is 5. The average Bonchev–Trinajstić information content (AvgIpc) is 2.42. The number of hydrogen-bond acceptors (Lipinski definition) is 3. The summed E-state index contributed by atoms with van der Waals surface area (Å²) in [5.41, 5.74) is 8.74. The molecule has 1 aliphatic carbocycles. The molecule has 1 fully saturated rings. The Balaban J connectivity index is 2.14. The molecule has 2 rings (SSSR count). The van der Waals surface area contributed by atoms with Gasteiger partial charge in [0.05, 0.1) is 0 Å². The Hall–Kier alpha value is -1.09.